The molecule has 7 heteroatoms. The highest BCUT2D eigenvalue weighted by Gasteiger charge is 2.63. The van der Waals surface area contributed by atoms with Crippen molar-refractivity contribution in [3.8, 4) is 0 Å². The largest absolute Gasteiger partial charge is 0.350 e. The van der Waals surface area contributed by atoms with Crippen molar-refractivity contribution in [2.75, 3.05) is 4.90 Å². The quantitative estimate of drug-likeness (QED) is 0.697. The van der Waals surface area contributed by atoms with E-state index in [1.54, 1.807) is 23.1 Å². The van der Waals surface area contributed by atoms with E-state index >= 15 is 0 Å². The average Bonchev–Trinajstić information content (AvgIpc) is 2.94. The molecule has 1 aromatic carbocycles. The van der Waals surface area contributed by atoms with Gasteiger partial charge in [0.05, 0.1) is 11.8 Å². The van der Waals surface area contributed by atoms with Gasteiger partial charge in [0.1, 0.15) is 11.8 Å². The van der Waals surface area contributed by atoms with Gasteiger partial charge in [-0.25, -0.2) is 9.69 Å². The maximum Gasteiger partial charge on any atom is 0.334 e. The number of benzene rings is 1. The molecule has 0 radical (unpaired) electrons. The van der Waals surface area contributed by atoms with Crippen LogP contribution in [0.4, 0.5) is 10.5 Å². The van der Waals surface area contributed by atoms with Crippen LogP contribution in [-0.2, 0) is 9.53 Å². The summed E-state index contributed by atoms with van der Waals surface area (Å²) in [7, 11) is 0. The van der Waals surface area contributed by atoms with Crippen LogP contribution in [0.25, 0.3) is 0 Å². The lowest BCUT2D eigenvalue weighted by Gasteiger charge is -2.39. The zero-order valence-electron chi connectivity index (χ0n) is 13.3. The van der Waals surface area contributed by atoms with Crippen LogP contribution in [0.1, 0.15) is 39.0 Å². The highest BCUT2D eigenvalue weighted by molar-refractivity contribution is 6.35. The Bertz CT molecular complexity index is 698. The minimum absolute atomic E-state index is 0.270. The summed E-state index contributed by atoms with van der Waals surface area (Å²) in [5, 5.41) is 0.781. The Morgan fingerprint density at radius 3 is 2.33 bits per heavy atom. The number of amides is 3. The molecule has 1 aliphatic carbocycles. The molecule has 24 heavy (non-hydrogen) atoms. The number of hydrogen-bond donors (Lipinski definition) is 0. The third-order valence-corrected chi connectivity index (χ3v) is 5.61. The Balaban J connectivity index is 1.75. The van der Waals surface area contributed by atoms with Gasteiger partial charge < -0.3 is 4.74 Å². The van der Waals surface area contributed by atoms with Gasteiger partial charge in [-0.1, -0.05) is 29.6 Å². The molecule has 3 fully saturated rings. The van der Waals surface area contributed by atoms with Crippen LogP contribution in [0.5, 0.6) is 0 Å². The summed E-state index contributed by atoms with van der Waals surface area (Å²) in [6.45, 7) is 1.86. The van der Waals surface area contributed by atoms with Crippen LogP contribution >= 0.6 is 23.2 Å². The number of anilines is 1. The van der Waals surface area contributed by atoms with Crippen LogP contribution < -0.4 is 4.90 Å². The second-order valence-electron chi connectivity index (χ2n) is 6.73. The van der Waals surface area contributed by atoms with Crippen molar-refractivity contribution in [2.45, 2.75) is 56.9 Å². The van der Waals surface area contributed by atoms with Crippen LogP contribution in [0.3, 0.4) is 0 Å². The normalized spacial score (nSPS) is 28.8. The molecule has 5 nitrogen and oxygen atoms in total. The first-order valence-corrected chi connectivity index (χ1v) is 9.00. The van der Waals surface area contributed by atoms with Gasteiger partial charge in [0.15, 0.2) is 0 Å². The third kappa shape index (κ3) is 2.25. The molecule has 3 amide bonds. The summed E-state index contributed by atoms with van der Waals surface area (Å²) in [6.07, 6.45) is 4.36. The predicted octanol–water partition coefficient (Wildman–Crippen LogP) is 4.21. The van der Waals surface area contributed by atoms with Crippen molar-refractivity contribution >= 4 is 40.8 Å². The van der Waals surface area contributed by atoms with Crippen LogP contribution in [-0.4, -0.2) is 34.7 Å². The second kappa shape index (κ2) is 5.61. The minimum atomic E-state index is -0.647. The maximum absolute atomic E-state index is 13.1. The smallest absolute Gasteiger partial charge is 0.334 e. The zero-order valence-corrected chi connectivity index (χ0v) is 14.8. The average molecular weight is 369 g/mol. The number of rotatable bonds is 1. The summed E-state index contributed by atoms with van der Waals surface area (Å²) < 4.78 is 6.13. The second-order valence-corrected chi connectivity index (χ2v) is 7.60. The van der Waals surface area contributed by atoms with Gasteiger partial charge in [0, 0.05) is 10.0 Å². The lowest BCUT2D eigenvalue weighted by molar-refractivity contribution is -0.120. The van der Waals surface area contributed by atoms with Gasteiger partial charge in [-0.15, -0.1) is 0 Å². The Kier molecular flexibility index (Phi) is 3.79. The van der Waals surface area contributed by atoms with Crippen molar-refractivity contribution in [1.82, 2.24) is 4.90 Å². The van der Waals surface area contributed by atoms with Crippen molar-refractivity contribution in [3.63, 3.8) is 0 Å². The van der Waals surface area contributed by atoms with Gasteiger partial charge in [-0.2, -0.15) is 0 Å². The first-order valence-electron chi connectivity index (χ1n) is 8.24. The molecule has 2 saturated heterocycles. The molecule has 128 valence electrons. The maximum atomic E-state index is 13.1. The number of urea groups is 1. The van der Waals surface area contributed by atoms with Gasteiger partial charge in [0.25, 0.3) is 5.91 Å². The van der Waals surface area contributed by atoms with E-state index < -0.39 is 11.8 Å². The molecular weight excluding hydrogens is 351 g/mol. The molecule has 1 spiro atoms. The van der Waals surface area contributed by atoms with Gasteiger partial charge >= 0.3 is 6.03 Å². The summed E-state index contributed by atoms with van der Waals surface area (Å²) in [6, 6.07) is 3.84. The van der Waals surface area contributed by atoms with E-state index in [9.17, 15) is 9.59 Å². The molecule has 0 aromatic heterocycles. The lowest BCUT2D eigenvalue weighted by atomic mass is 9.90. The molecule has 2 heterocycles. The van der Waals surface area contributed by atoms with E-state index in [4.69, 9.17) is 27.9 Å². The molecule has 1 saturated carbocycles. The van der Waals surface area contributed by atoms with Crippen LogP contribution in [0, 0.1) is 0 Å². The van der Waals surface area contributed by atoms with Crippen molar-refractivity contribution in [3.05, 3.63) is 28.2 Å². The molecule has 2 aliphatic heterocycles. The molecule has 3 aliphatic rings. The third-order valence-electron chi connectivity index (χ3n) is 5.18. The number of carbonyl (C=O) groups excluding carboxylic acids is 2. The SMILES string of the molecule is C[C@H]1OC2(CCCCC2)N2C(=O)N(c3cc(Cl)cc(Cl)c3)C(=O)[C@H]12. The van der Waals surface area contributed by atoms with Crippen LogP contribution in [0.15, 0.2) is 18.2 Å². The van der Waals surface area contributed by atoms with E-state index in [0.29, 0.717) is 15.7 Å². The number of fused-ring (bicyclic) bond motifs is 2. The van der Waals surface area contributed by atoms with Gasteiger partial charge in [-0.3, -0.25) is 9.69 Å². The Morgan fingerprint density at radius 2 is 1.71 bits per heavy atom. The fourth-order valence-electron chi connectivity index (χ4n) is 4.24. The lowest BCUT2D eigenvalue weighted by Crippen LogP contribution is -2.50. The molecule has 2 atom stereocenters. The standard InChI is InChI=1S/C17H18Cl2N2O3/c1-10-14-15(22)20(13-8-11(18)7-12(19)9-13)16(23)21(14)17(24-10)5-3-2-4-6-17/h7-10,14H,2-6H2,1H3/t10-,14+/m1/s1. The number of imide groups is 1. The fraction of sp³-hybridized carbons (Fsp3) is 0.529. The molecule has 0 bridgehead atoms. The van der Waals surface area contributed by atoms with E-state index in [2.05, 4.69) is 0 Å². The summed E-state index contributed by atoms with van der Waals surface area (Å²) in [5.74, 6) is -0.270. The Hall–Kier alpha value is -1.30. The molecule has 0 N–H and O–H groups in total. The number of halogens is 2. The van der Waals surface area contributed by atoms with Crippen molar-refractivity contribution in [1.29, 1.82) is 0 Å². The first-order chi connectivity index (χ1) is 11.4. The minimum Gasteiger partial charge on any atom is -0.350 e. The summed E-state index contributed by atoms with van der Waals surface area (Å²) in [4.78, 5) is 28.9. The first kappa shape index (κ1) is 16.2. The number of carbonyl (C=O) groups is 2. The van der Waals surface area contributed by atoms with Crippen LogP contribution in [0.2, 0.25) is 10.0 Å². The monoisotopic (exact) mass is 368 g/mol. The van der Waals surface area contributed by atoms with Crippen molar-refractivity contribution in [2.24, 2.45) is 0 Å². The molecule has 0 unspecified atom stereocenters. The van der Waals surface area contributed by atoms with Gasteiger partial charge in [0.2, 0.25) is 0 Å². The Labute approximate surface area is 150 Å². The van der Waals surface area contributed by atoms with E-state index in [0.717, 1.165) is 32.1 Å². The van der Waals surface area contributed by atoms with E-state index in [1.807, 2.05) is 6.92 Å². The highest BCUT2D eigenvalue weighted by atomic mass is 35.5. The fourth-order valence-corrected chi connectivity index (χ4v) is 4.75. The molecular formula is C17H18Cl2N2O3. The topological polar surface area (TPSA) is 49.9 Å². The van der Waals surface area contributed by atoms with E-state index in [1.165, 1.54) is 4.90 Å². The summed E-state index contributed by atoms with van der Waals surface area (Å²) >= 11 is 12.1. The van der Waals surface area contributed by atoms with E-state index in [-0.39, 0.29) is 18.0 Å². The number of nitrogens with zero attached hydrogens (tertiary/aromatic N) is 2. The molecule has 4 rings (SSSR count). The zero-order chi connectivity index (χ0) is 17.1. The number of hydrogen-bond acceptors (Lipinski definition) is 3. The highest BCUT2D eigenvalue weighted by Crippen LogP contribution is 2.47. The predicted molar refractivity (Wildman–Crippen MR) is 91.3 cm³/mol. The molecule has 1 aromatic rings. The Morgan fingerprint density at radius 1 is 1.08 bits per heavy atom. The number of ether oxygens (including phenoxy) is 1. The van der Waals surface area contributed by atoms with Crippen molar-refractivity contribution < 1.29 is 14.3 Å². The summed E-state index contributed by atoms with van der Waals surface area (Å²) in [5.41, 5.74) is -0.235. The van der Waals surface area contributed by atoms with Gasteiger partial charge in [-0.05, 0) is 50.8 Å².